The predicted octanol–water partition coefficient (Wildman–Crippen LogP) is 4.38. The molecule has 0 aromatic heterocycles. The Balaban J connectivity index is 1.82. The van der Waals surface area contributed by atoms with Gasteiger partial charge in [0.2, 0.25) is 11.8 Å². The number of nitrogens with one attached hydrogen (secondary N) is 1. The Kier molecular flexibility index (Phi) is 7.79. The summed E-state index contributed by atoms with van der Waals surface area (Å²) >= 11 is 3.43. The van der Waals surface area contributed by atoms with E-state index in [1.54, 1.807) is 25.1 Å². The summed E-state index contributed by atoms with van der Waals surface area (Å²) in [4.78, 5) is 38.5. The molecule has 31 heavy (non-hydrogen) atoms. The fourth-order valence-electron chi connectivity index (χ4n) is 3.91. The smallest absolute Gasteiger partial charge is 0.273 e. The molecule has 0 radical (unpaired) electrons. The van der Waals surface area contributed by atoms with Crippen molar-refractivity contribution in [3.8, 4) is 0 Å². The van der Waals surface area contributed by atoms with Crippen molar-refractivity contribution in [2.24, 2.45) is 0 Å². The Labute approximate surface area is 190 Å². The normalized spacial score (nSPS) is 14.8. The summed E-state index contributed by atoms with van der Waals surface area (Å²) in [6.07, 6.45) is 3.95. The Morgan fingerprint density at radius 2 is 1.90 bits per heavy atom. The Hall–Kier alpha value is -2.74. The third-order valence-corrected chi connectivity index (χ3v) is 6.13. The second-order valence-electron chi connectivity index (χ2n) is 7.88. The molecule has 0 heterocycles. The standard InChI is InChI=1S/C23H26BrN3O4/c1-16(23(29)25-20-10-3-4-11-20)26(15-17-7-6-9-19(24)13-17)22(28)14-18-8-2-5-12-21(18)27(30)31/h2,5-9,12-13,16,20H,3-4,10-11,14-15H2,1H3,(H,25,29)/t16-/m0/s1. The van der Waals surface area contributed by atoms with Crippen LogP contribution in [0.4, 0.5) is 5.69 Å². The van der Waals surface area contributed by atoms with E-state index in [1.807, 2.05) is 24.3 Å². The number of para-hydroxylation sites is 1. The molecular formula is C23H26BrN3O4. The van der Waals surface area contributed by atoms with Gasteiger partial charge in [-0.25, -0.2) is 0 Å². The summed E-state index contributed by atoms with van der Waals surface area (Å²) < 4.78 is 0.874. The minimum absolute atomic E-state index is 0.0960. The number of carbonyl (C=O) groups excluding carboxylic acids is 2. The van der Waals surface area contributed by atoms with E-state index in [2.05, 4.69) is 21.2 Å². The summed E-state index contributed by atoms with van der Waals surface area (Å²) in [5, 5.41) is 14.4. The van der Waals surface area contributed by atoms with E-state index in [4.69, 9.17) is 0 Å². The molecule has 1 atom stereocenters. The molecule has 0 saturated heterocycles. The quantitative estimate of drug-likeness (QED) is 0.441. The molecule has 8 heteroatoms. The van der Waals surface area contributed by atoms with Gasteiger partial charge in [0.25, 0.3) is 5.69 Å². The number of nitro benzene ring substituents is 1. The van der Waals surface area contributed by atoms with Gasteiger partial charge in [-0.2, -0.15) is 0 Å². The zero-order valence-corrected chi connectivity index (χ0v) is 19.0. The summed E-state index contributed by atoms with van der Waals surface area (Å²) in [7, 11) is 0. The van der Waals surface area contributed by atoms with Crippen molar-refractivity contribution in [2.45, 2.75) is 57.7 Å². The number of hydrogen-bond donors (Lipinski definition) is 1. The van der Waals surface area contributed by atoms with Crippen molar-refractivity contribution in [2.75, 3.05) is 0 Å². The van der Waals surface area contributed by atoms with Gasteiger partial charge in [0.1, 0.15) is 6.04 Å². The lowest BCUT2D eigenvalue weighted by Crippen LogP contribution is -2.50. The average Bonchev–Trinajstić information content (AvgIpc) is 3.24. The highest BCUT2D eigenvalue weighted by atomic mass is 79.9. The molecule has 1 saturated carbocycles. The molecular weight excluding hydrogens is 462 g/mol. The SMILES string of the molecule is C[C@@H](C(=O)NC1CCCC1)N(Cc1cccc(Br)c1)C(=O)Cc1ccccc1[N+](=O)[O-]. The van der Waals surface area contributed by atoms with Crippen LogP contribution in [0.1, 0.15) is 43.7 Å². The molecule has 2 aromatic carbocycles. The number of nitrogens with zero attached hydrogens (tertiary/aromatic N) is 2. The minimum Gasteiger partial charge on any atom is -0.352 e. The van der Waals surface area contributed by atoms with Crippen LogP contribution in [-0.2, 0) is 22.6 Å². The van der Waals surface area contributed by atoms with Crippen LogP contribution < -0.4 is 5.32 Å². The first kappa shape index (κ1) is 22.9. The van der Waals surface area contributed by atoms with Gasteiger partial charge in [-0.3, -0.25) is 19.7 Å². The molecule has 164 valence electrons. The van der Waals surface area contributed by atoms with Gasteiger partial charge in [0.05, 0.1) is 11.3 Å². The zero-order valence-electron chi connectivity index (χ0n) is 17.4. The molecule has 3 rings (SSSR count). The first-order valence-corrected chi connectivity index (χ1v) is 11.2. The first-order valence-electron chi connectivity index (χ1n) is 10.4. The Bertz CT molecular complexity index is 959. The maximum Gasteiger partial charge on any atom is 0.273 e. The molecule has 0 aliphatic heterocycles. The van der Waals surface area contributed by atoms with E-state index in [0.29, 0.717) is 5.56 Å². The highest BCUT2D eigenvalue weighted by molar-refractivity contribution is 9.10. The lowest BCUT2D eigenvalue weighted by molar-refractivity contribution is -0.385. The topological polar surface area (TPSA) is 92.6 Å². The fourth-order valence-corrected chi connectivity index (χ4v) is 4.36. The number of carbonyl (C=O) groups is 2. The van der Waals surface area contributed by atoms with Crippen molar-refractivity contribution in [1.82, 2.24) is 10.2 Å². The van der Waals surface area contributed by atoms with Gasteiger partial charge >= 0.3 is 0 Å². The lowest BCUT2D eigenvalue weighted by Gasteiger charge is -2.30. The van der Waals surface area contributed by atoms with Crippen LogP contribution in [-0.4, -0.2) is 33.7 Å². The highest BCUT2D eigenvalue weighted by Crippen LogP contribution is 2.22. The van der Waals surface area contributed by atoms with E-state index < -0.39 is 11.0 Å². The summed E-state index contributed by atoms with van der Waals surface area (Å²) in [5.41, 5.74) is 1.10. The average molecular weight is 488 g/mol. The Morgan fingerprint density at radius 1 is 1.19 bits per heavy atom. The second-order valence-corrected chi connectivity index (χ2v) is 8.80. The number of rotatable bonds is 8. The molecule has 0 spiro atoms. The van der Waals surface area contributed by atoms with Gasteiger partial charge in [0, 0.05) is 28.7 Å². The lowest BCUT2D eigenvalue weighted by atomic mass is 10.1. The molecule has 1 aliphatic rings. The molecule has 1 fully saturated rings. The second kappa shape index (κ2) is 10.5. The molecule has 0 unspecified atom stereocenters. The number of hydrogen-bond acceptors (Lipinski definition) is 4. The van der Waals surface area contributed by atoms with E-state index >= 15 is 0 Å². The summed E-state index contributed by atoms with van der Waals surface area (Å²) in [6, 6.07) is 13.2. The third-order valence-electron chi connectivity index (χ3n) is 5.64. The van der Waals surface area contributed by atoms with Crippen LogP contribution in [0.2, 0.25) is 0 Å². The van der Waals surface area contributed by atoms with Crippen LogP contribution in [0.25, 0.3) is 0 Å². The minimum atomic E-state index is -0.699. The third kappa shape index (κ3) is 6.13. The van der Waals surface area contributed by atoms with Gasteiger partial charge in [0.15, 0.2) is 0 Å². The maximum absolute atomic E-state index is 13.3. The first-order chi connectivity index (χ1) is 14.8. The molecule has 1 aliphatic carbocycles. The molecule has 7 nitrogen and oxygen atoms in total. The Morgan fingerprint density at radius 3 is 2.58 bits per heavy atom. The molecule has 2 aromatic rings. The zero-order chi connectivity index (χ0) is 22.4. The largest absolute Gasteiger partial charge is 0.352 e. The van der Waals surface area contributed by atoms with Crippen molar-refractivity contribution in [3.05, 3.63) is 74.2 Å². The number of halogens is 1. The fraction of sp³-hybridized carbons (Fsp3) is 0.391. The maximum atomic E-state index is 13.3. The number of benzene rings is 2. The van der Waals surface area contributed by atoms with E-state index in [1.165, 1.54) is 11.0 Å². The van der Waals surface area contributed by atoms with E-state index in [-0.39, 0.29) is 36.5 Å². The molecule has 1 N–H and O–H groups in total. The van der Waals surface area contributed by atoms with Gasteiger partial charge in [-0.1, -0.05) is 59.1 Å². The number of nitro groups is 1. The summed E-state index contributed by atoms with van der Waals surface area (Å²) in [6.45, 7) is 1.94. The molecule has 2 amide bonds. The summed E-state index contributed by atoms with van der Waals surface area (Å²) in [5.74, 6) is -0.527. The van der Waals surface area contributed by atoms with Gasteiger partial charge < -0.3 is 10.2 Å². The highest BCUT2D eigenvalue weighted by Gasteiger charge is 2.29. The van der Waals surface area contributed by atoms with Gasteiger partial charge in [-0.15, -0.1) is 0 Å². The van der Waals surface area contributed by atoms with Crippen LogP contribution in [0.3, 0.4) is 0 Å². The van der Waals surface area contributed by atoms with E-state index in [9.17, 15) is 19.7 Å². The monoisotopic (exact) mass is 487 g/mol. The molecule has 0 bridgehead atoms. The van der Waals surface area contributed by atoms with E-state index in [0.717, 1.165) is 35.7 Å². The van der Waals surface area contributed by atoms with Crippen LogP contribution in [0.15, 0.2) is 53.0 Å². The predicted molar refractivity (Wildman–Crippen MR) is 121 cm³/mol. The van der Waals surface area contributed by atoms with Crippen molar-refractivity contribution in [3.63, 3.8) is 0 Å². The van der Waals surface area contributed by atoms with Crippen molar-refractivity contribution < 1.29 is 14.5 Å². The van der Waals surface area contributed by atoms with Crippen LogP contribution in [0, 0.1) is 10.1 Å². The number of amides is 2. The van der Waals surface area contributed by atoms with Crippen molar-refractivity contribution >= 4 is 33.4 Å². The van der Waals surface area contributed by atoms with Crippen LogP contribution in [0.5, 0.6) is 0 Å². The van der Waals surface area contributed by atoms with Crippen LogP contribution >= 0.6 is 15.9 Å². The van der Waals surface area contributed by atoms with Gasteiger partial charge in [-0.05, 0) is 37.5 Å². The van der Waals surface area contributed by atoms with Crippen molar-refractivity contribution in [1.29, 1.82) is 0 Å².